The van der Waals surface area contributed by atoms with E-state index in [1.165, 1.54) is 0 Å². The second-order valence-corrected chi connectivity index (χ2v) is 5.73. The molecule has 5 nitrogen and oxygen atoms in total. The van der Waals surface area contributed by atoms with Crippen LogP contribution in [0.3, 0.4) is 0 Å². The van der Waals surface area contributed by atoms with Gasteiger partial charge in [0.1, 0.15) is 10.6 Å². The number of nitrogens with zero attached hydrogens (tertiary/aromatic N) is 4. The van der Waals surface area contributed by atoms with Gasteiger partial charge in [0, 0.05) is 20.6 Å². The highest BCUT2D eigenvalue weighted by Gasteiger charge is 2.12. The number of fused-ring (bicyclic) bond motifs is 1. The van der Waals surface area contributed by atoms with Gasteiger partial charge in [-0.1, -0.05) is 0 Å². The maximum Gasteiger partial charge on any atom is 0.225 e. The van der Waals surface area contributed by atoms with E-state index in [-0.39, 0.29) is 0 Å². The lowest BCUT2D eigenvalue weighted by atomic mass is 10.3. The van der Waals surface area contributed by atoms with Gasteiger partial charge in [-0.15, -0.1) is 11.3 Å². The van der Waals surface area contributed by atoms with Crippen molar-refractivity contribution >= 4 is 33.3 Å². The lowest BCUT2D eigenvalue weighted by Gasteiger charge is -2.20. The van der Waals surface area contributed by atoms with Gasteiger partial charge < -0.3 is 15.1 Å². The van der Waals surface area contributed by atoms with Gasteiger partial charge in [0.15, 0.2) is 0 Å². The summed E-state index contributed by atoms with van der Waals surface area (Å²) in [5.74, 6) is 1.69. The van der Waals surface area contributed by atoms with E-state index in [1.54, 1.807) is 11.3 Å². The van der Waals surface area contributed by atoms with Crippen LogP contribution in [0.5, 0.6) is 0 Å². The topological polar surface area (TPSA) is 44.3 Å². The van der Waals surface area contributed by atoms with E-state index in [1.807, 2.05) is 7.05 Å². The summed E-state index contributed by atoms with van der Waals surface area (Å²) in [4.78, 5) is 14.5. The van der Waals surface area contributed by atoms with Crippen molar-refractivity contribution in [3.63, 3.8) is 0 Å². The predicted octanol–water partition coefficient (Wildman–Crippen LogP) is 2.12. The Labute approximate surface area is 118 Å². The fourth-order valence-electron chi connectivity index (χ4n) is 1.97. The monoisotopic (exact) mass is 279 g/mol. The van der Waals surface area contributed by atoms with Crippen molar-refractivity contribution in [2.75, 3.05) is 51.5 Å². The maximum atomic E-state index is 4.59. The van der Waals surface area contributed by atoms with Gasteiger partial charge in [-0.25, -0.2) is 4.98 Å². The van der Waals surface area contributed by atoms with Crippen LogP contribution in [0.1, 0.15) is 6.42 Å². The molecule has 2 aromatic rings. The van der Waals surface area contributed by atoms with Crippen molar-refractivity contribution in [1.29, 1.82) is 0 Å². The zero-order valence-corrected chi connectivity index (χ0v) is 12.8. The standard InChI is InChI=1S/C13H21N5S/c1-14-13-15-11(10-6-9-19-12(10)16-13)18(4)8-5-7-17(2)3/h6,9H,5,7-8H2,1-4H3,(H,14,15,16). The lowest BCUT2D eigenvalue weighted by molar-refractivity contribution is 0.401. The van der Waals surface area contributed by atoms with E-state index in [2.05, 4.69) is 57.7 Å². The molecule has 0 bridgehead atoms. The van der Waals surface area contributed by atoms with E-state index in [4.69, 9.17) is 0 Å². The maximum absolute atomic E-state index is 4.59. The van der Waals surface area contributed by atoms with Gasteiger partial charge in [0.2, 0.25) is 5.95 Å². The number of rotatable bonds is 6. The molecule has 0 aliphatic rings. The van der Waals surface area contributed by atoms with Gasteiger partial charge in [0.25, 0.3) is 0 Å². The minimum atomic E-state index is 0.685. The summed E-state index contributed by atoms with van der Waals surface area (Å²) in [6.07, 6.45) is 1.12. The first kappa shape index (κ1) is 14.0. The van der Waals surface area contributed by atoms with Gasteiger partial charge in [-0.05, 0) is 38.5 Å². The van der Waals surface area contributed by atoms with Crippen LogP contribution in [-0.4, -0.2) is 56.1 Å². The Morgan fingerprint density at radius 3 is 2.68 bits per heavy atom. The lowest BCUT2D eigenvalue weighted by Crippen LogP contribution is -2.24. The molecule has 0 spiro atoms. The smallest absolute Gasteiger partial charge is 0.225 e. The molecule has 0 radical (unpaired) electrons. The quantitative estimate of drug-likeness (QED) is 0.877. The van der Waals surface area contributed by atoms with Crippen molar-refractivity contribution in [3.8, 4) is 0 Å². The molecule has 0 saturated carbocycles. The summed E-state index contributed by atoms with van der Waals surface area (Å²) < 4.78 is 0. The Morgan fingerprint density at radius 2 is 2.00 bits per heavy atom. The molecule has 0 amide bonds. The molecular weight excluding hydrogens is 258 g/mol. The van der Waals surface area contributed by atoms with Gasteiger partial charge in [-0.3, -0.25) is 0 Å². The molecule has 2 aromatic heterocycles. The molecule has 6 heteroatoms. The third-order valence-electron chi connectivity index (χ3n) is 2.99. The minimum Gasteiger partial charge on any atom is -0.359 e. The van der Waals surface area contributed by atoms with Crippen LogP contribution in [0.15, 0.2) is 11.4 Å². The third kappa shape index (κ3) is 3.33. The van der Waals surface area contributed by atoms with Crippen LogP contribution in [0, 0.1) is 0 Å². The SMILES string of the molecule is CNc1nc(N(C)CCCN(C)C)c2ccsc2n1. The van der Waals surface area contributed by atoms with E-state index in [0.29, 0.717) is 5.95 Å². The molecular formula is C13H21N5S. The van der Waals surface area contributed by atoms with Crippen molar-refractivity contribution in [2.24, 2.45) is 0 Å². The zero-order chi connectivity index (χ0) is 13.8. The van der Waals surface area contributed by atoms with Crippen LogP contribution in [0.25, 0.3) is 10.2 Å². The number of nitrogens with one attached hydrogen (secondary N) is 1. The number of anilines is 2. The zero-order valence-electron chi connectivity index (χ0n) is 12.0. The van der Waals surface area contributed by atoms with Gasteiger partial charge in [-0.2, -0.15) is 4.98 Å². The molecule has 0 saturated heterocycles. The predicted molar refractivity (Wildman–Crippen MR) is 83.4 cm³/mol. The first-order valence-corrected chi connectivity index (χ1v) is 7.28. The molecule has 2 heterocycles. The Kier molecular flexibility index (Phi) is 4.55. The summed E-state index contributed by atoms with van der Waals surface area (Å²) in [6.45, 7) is 2.07. The third-order valence-corrected chi connectivity index (χ3v) is 3.80. The Morgan fingerprint density at radius 1 is 1.21 bits per heavy atom. The van der Waals surface area contributed by atoms with Crippen LogP contribution in [0.4, 0.5) is 11.8 Å². The molecule has 0 fully saturated rings. The van der Waals surface area contributed by atoms with Crippen molar-refractivity contribution in [2.45, 2.75) is 6.42 Å². The van der Waals surface area contributed by atoms with Crippen LogP contribution in [-0.2, 0) is 0 Å². The van der Waals surface area contributed by atoms with Crippen LogP contribution >= 0.6 is 11.3 Å². The number of hydrogen-bond donors (Lipinski definition) is 1. The summed E-state index contributed by atoms with van der Waals surface area (Å²) in [5.41, 5.74) is 0. The largest absolute Gasteiger partial charge is 0.359 e. The molecule has 1 N–H and O–H groups in total. The molecule has 104 valence electrons. The summed E-state index contributed by atoms with van der Waals surface area (Å²) >= 11 is 1.65. The Balaban J connectivity index is 2.19. The second kappa shape index (κ2) is 6.16. The van der Waals surface area contributed by atoms with E-state index in [9.17, 15) is 0 Å². The van der Waals surface area contributed by atoms with Crippen LogP contribution < -0.4 is 10.2 Å². The molecule has 0 aliphatic heterocycles. The average molecular weight is 279 g/mol. The minimum absolute atomic E-state index is 0.685. The van der Waals surface area contributed by atoms with Gasteiger partial charge in [0.05, 0.1) is 5.39 Å². The fraction of sp³-hybridized carbons (Fsp3) is 0.538. The summed E-state index contributed by atoms with van der Waals surface area (Å²) in [6, 6.07) is 2.09. The normalized spacial score (nSPS) is 11.2. The number of aromatic nitrogens is 2. The first-order valence-electron chi connectivity index (χ1n) is 6.40. The van der Waals surface area contributed by atoms with E-state index >= 15 is 0 Å². The van der Waals surface area contributed by atoms with E-state index < -0.39 is 0 Å². The van der Waals surface area contributed by atoms with Crippen LogP contribution in [0.2, 0.25) is 0 Å². The van der Waals surface area contributed by atoms with Crippen molar-refractivity contribution in [3.05, 3.63) is 11.4 Å². The highest BCUT2D eigenvalue weighted by molar-refractivity contribution is 7.16. The number of thiophene rings is 1. The second-order valence-electron chi connectivity index (χ2n) is 4.84. The van der Waals surface area contributed by atoms with Gasteiger partial charge >= 0.3 is 0 Å². The Hall–Kier alpha value is -1.40. The molecule has 0 atom stereocenters. The fourth-order valence-corrected chi connectivity index (χ4v) is 2.73. The molecule has 2 rings (SSSR count). The molecule has 0 unspecified atom stereocenters. The Bertz CT molecular complexity index is 537. The average Bonchev–Trinajstić information content (AvgIpc) is 2.84. The highest BCUT2D eigenvalue weighted by atomic mass is 32.1. The summed E-state index contributed by atoms with van der Waals surface area (Å²) in [5, 5.41) is 6.23. The molecule has 19 heavy (non-hydrogen) atoms. The summed E-state index contributed by atoms with van der Waals surface area (Å²) in [7, 11) is 8.14. The highest BCUT2D eigenvalue weighted by Crippen LogP contribution is 2.28. The van der Waals surface area contributed by atoms with Crippen molar-refractivity contribution in [1.82, 2.24) is 14.9 Å². The first-order chi connectivity index (χ1) is 9.11. The van der Waals surface area contributed by atoms with Crippen molar-refractivity contribution < 1.29 is 0 Å². The molecule has 0 aliphatic carbocycles. The molecule has 0 aromatic carbocycles. The number of hydrogen-bond acceptors (Lipinski definition) is 6. The van der Waals surface area contributed by atoms with E-state index in [0.717, 1.165) is 35.5 Å².